The highest BCUT2D eigenvalue weighted by atomic mass is 79.9. The van der Waals surface area contributed by atoms with Crippen LogP contribution in [-0.2, 0) is 0 Å². The largest absolute Gasteiger partial charge is 0.459 e. The van der Waals surface area contributed by atoms with Crippen LogP contribution in [0.25, 0.3) is 11.3 Å². The van der Waals surface area contributed by atoms with E-state index < -0.39 is 0 Å². The van der Waals surface area contributed by atoms with Crippen LogP contribution < -0.4 is 19.7 Å². The Balaban J connectivity index is 1.44. The molecule has 4 heterocycles. The normalized spacial score (nSPS) is 19.1. The molecule has 2 aromatic heterocycles. The average molecular weight is 520 g/mol. The molecule has 1 N–H and O–H groups in total. The zero-order valence-corrected chi connectivity index (χ0v) is 19.7. The molecule has 0 bridgehead atoms. The first-order valence-corrected chi connectivity index (χ1v) is 11.6. The fourth-order valence-corrected chi connectivity index (χ4v) is 4.85. The van der Waals surface area contributed by atoms with Crippen molar-refractivity contribution in [3.63, 3.8) is 0 Å². The number of thiocarbonyl (C=S) groups is 1. The van der Waals surface area contributed by atoms with Crippen molar-refractivity contribution in [2.24, 2.45) is 0 Å². The maximum Gasteiger partial charge on any atom is 0.231 e. The van der Waals surface area contributed by atoms with Gasteiger partial charge >= 0.3 is 0 Å². The molecule has 33 heavy (non-hydrogen) atoms. The number of furan rings is 1. The molecular formula is C25H18BrN3O3S. The highest BCUT2D eigenvalue weighted by Gasteiger charge is 2.43. The Morgan fingerprint density at radius 3 is 2.64 bits per heavy atom. The number of ether oxygens (including phenoxy) is 2. The summed E-state index contributed by atoms with van der Waals surface area (Å²) < 4.78 is 18.5. The topological polar surface area (TPSA) is 59.8 Å². The van der Waals surface area contributed by atoms with Crippen molar-refractivity contribution in [1.82, 2.24) is 10.3 Å². The molecule has 1 saturated heterocycles. The molecule has 0 aliphatic carbocycles. The molecule has 0 amide bonds. The van der Waals surface area contributed by atoms with Crippen LogP contribution in [0.1, 0.15) is 23.5 Å². The molecule has 2 aliphatic heterocycles. The first-order valence-electron chi connectivity index (χ1n) is 10.4. The molecule has 1 fully saturated rings. The summed E-state index contributed by atoms with van der Waals surface area (Å²) in [4.78, 5) is 6.65. The van der Waals surface area contributed by atoms with E-state index in [9.17, 15) is 0 Å². The lowest BCUT2D eigenvalue weighted by Gasteiger charge is -2.26. The second-order valence-corrected chi connectivity index (χ2v) is 9.05. The molecule has 8 heteroatoms. The zero-order valence-electron chi connectivity index (χ0n) is 17.3. The summed E-state index contributed by atoms with van der Waals surface area (Å²) in [6.45, 7) is 0.218. The van der Waals surface area contributed by atoms with Crippen molar-refractivity contribution in [2.45, 2.75) is 12.1 Å². The quantitative estimate of drug-likeness (QED) is 0.331. The van der Waals surface area contributed by atoms with Gasteiger partial charge < -0.3 is 24.1 Å². The van der Waals surface area contributed by atoms with Gasteiger partial charge in [-0.1, -0.05) is 34.1 Å². The summed E-state index contributed by atoms with van der Waals surface area (Å²) in [6.07, 6.45) is 1.79. The summed E-state index contributed by atoms with van der Waals surface area (Å²) in [7, 11) is 0. The number of hydrogen-bond acceptors (Lipinski definition) is 5. The molecule has 6 nitrogen and oxygen atoms in total. The van der Waals surface area contributed by atoms with Crippen LogP contribution in [0, 0.1) is 0 Å². The third-order valence-electron chi connectivity index (χ3n) is 5.78. The lowest BCUT2D eigenvalue weighted by Crippen LogP contribution is -2.29. The molecule has 4 aromatic rings. The number of fused-ring (bicyclic) bond motifs is 1. The first kappa shape index (κ1) is 20.3. The van der Waals surface area contributed by atoms with Crippen molar-refractivity contribution < 1.29 is 13.9 Å². The minimum Gasteiger partial charge on any atom is -0.459 e. The average Bonchev–Trinajstić information content (AvgIpc) is 3.58. The van der Waals surface area contributed by atoms with Gasteiger partial charge in [-0.3, -0.25) is 4.98 Å². The molecule has 0 radical (unpaired) electrons. The van der Waals surface area contributed by atoms with Gasteiger partial charge in [-0.25, -0.2) is 0 Å². The minimum atomic E-state index is -0.239. The third-order valence-corrected chi connectivity index (χ3v) is 6.62. The van der Waals surface area contributed by atoms with E-state index in [0.29, 0.717) is 10.9 Å². The Bertz CT molecular complexity index is 1330. The van der Waals surface area contributed by atoms with Gasteiger partial charge in [0.1, 0.15) is 17.6 Å². The van der Waals surface area contributed by atoms with E-state index in [1.807, 2.05) is 72.8 Å². The Hall–Kier alpha value is -3.36. The molecule has 0 spiro atoms. The number of aromatic nitrogens is 1. The van der Waals surface area contributed by atoms with Crippen LogP contribution in [0.5, 0.6) is 11.5 Å². The van der Waals surface area contributed by atoms with Crippen LogP contribution in [0.15, 0.2) is 87.9 Å². The van der Waals surface area contributed by atoms with Crippen LogP contribution in [0.4, 0.5) is 5.69 Å². The maximum absolute atomic E-state index is 6.40. The summed E-state index contributed by atoms with van der Waals surface area (Å²) in [5.74, 6) is 3.00. The highest BCUT2D eigenvalue weighted by molar-refractivity contribution is 9.10. The molecule has 0 unspecified atom stereocenters. The monoisotopic (exact) mass is 519 g/mol. The Morgan fingerprint density at radius 2 is 1.82 bits per heavy atom. The molecule has 2 aliphatic rings. The molecule has 0 saturated carbocycles. The number of nitrogens with one attached hydrogen (secondary N) is 1. The fourth-order valence-electron chi connectivity index (χ4n) is 4.24. The molecular weight excluding hydrogens is 502 g/mol. The molecule has 2 atom stereocenters. The number of rotatable bonds is 4. The van der Waals surface area contributed by atoms with E-state index in [2.05, 4.69) is 31.1 Å². The van der Waals surface area contributed by atoms with Gasteiger partial charge in [-0.2, -0.15) is 0 Å². The molecule has 2 aromatic carbocycles. The predicted octanol–water partition coefficient (Wildman–Crippen LogP) is 6.01. The van der Waals surface area contributed by atoms with Gasteiger partial charge in [0, 0.05) is 28.0 Å². The van der Waals surface area contributed by atoms with Gasteiger partial charge in [-0.15, -0.1) is 0 Å². The summed E-state index contributed by atoms with van der Waals surface area (Å²) >= 11 is 9.27. The second kappa shape index (κ2) is 8.20. The van der Waals surface area contributed by atoms with E-state index in [1.165, 1.54) is 0 Å². The number of benzene rings is 2. The minimum absolute atomic E-state index is 0.187. The Kier molecular flexibility index (Phi) is 5.04. The summed E-state index contributed by atoms with van der Waals surface area (Å²) in [6, 6.07) is 23.3. The summed E-state index contributed by atoms with van der Waals surface area (Å²) in [5.41, 5.74) is 2.78. The van der Waals surface area contributed by atoms with Gasteiger partial charge in [0.15, 0.2) is 16.6 Å². The lowest BCUT2D eigenvalue weighted by molar-refractivity contribution is 0.174. The SMILES string of the molecule is S=C1N[C@@H](c2ccccn2)[C@H](c2ccc(-c3ccc(Br)cc3)o2)N1c1ccc2c(c1)OCO2. The number of hydrogen-bond donors (Lipinski definition) is 1. The molecule has 164 valence electrons. The number of nitrogens with zero attached hydrogens (tertiary/aromatic N) is 2. The second-order valence-electron chi connectivity index (χ2n) is 7.74. The number of halogens is 1. The first-order chi connectivity index (χ1) is 16.2. The van der Waals surface area contributed by atoms with E-state index >= 15 is 0 Å². The van der Waals surface area contributed by atoms with E-state index in [1.54, 1.807) is 6.20 Å². The third kappa shape index (κ3) is 3.65. The van der Waals surface area contributed by atoms with Crippen molar-refractivity contribution >= 4 is 38.9 Å². The highest BCUT2D eigenvalue weighted by Crippen LogP contribution is 2.45. The molecule has 6 rings (SSSR count). The van der Waals surface area contributed by atoms with E-state index in [4.69, 9.17) is 26.1 Å². The summed E-state index contributed by atoms with van der Waals surface area (Å²) in [5, 5.41) is 4.04. The maximum atomic E-state index is 6.40. The van der Waals surface area contributed by atoms with E-state index in [-0.39, 0.29) is 18.9 Å². The van der Waals surface area contributed by atoms with Crippen molar-refractivity contribution in [3.05, 3.63) is 94.9 Å². The van der Waals surface area contributed by atoms with Crippen LogP contribution in [-0.4, -0.2) is 16.9 Å². The van der Waals surface area contributed by atoms with Crippen LogP contribution in [0.3, 0.4) is 0 Å². The van der Waals surface area contributed by atoms with Gasteiger partial charge in [-0.05, 0) is 60.7 Å². The van der Waals surface area contributed by atoms with Crippen molar-refractivity contribution in [1.29, 1.82) is 0 Å². The predicted molar refractivity (Wildman–Crippen MR) is 132 cm³/mol. The van der Waals surface area contributed by atoms with Gasteiger partial charge in [0.05, 0.1) is 11.7 Å². The van der Waals surface area contributed by atoms with Crippen molar-refractivity contribution in [3.8, 4) is 22.8 Å². The standard InChI is InChI=1S/C25H18BrN3O3S/c26-16-6-4-15(5-7-16)19-10-11-21(32-19)24-23(18-3-1-2-12-27-18)28-25(33)29(24)17-8-9-20-22(13-17)31-14-30-20/h1-13,23-24H,14H2,(H,28,33)/t23-,24-/m0/s1. The smallest absolute Gasteiger partial charge is 0.231 e. The Morgan fingerprint density at radius 1 is 0.970 bits per heavy atom. The van der Waals surface area contributed by atoms with Crippen molar-refractivity contribution in [2.75, 3.05) is 11.7 Å². The lowest BCUT2D eigenvalue weighted by atomic mass is 10.0. The number of anilines is 1. The van der Waals surface area contributed by atoms with Crippen LogP contribution in [0.2, 0.25) is 0 Å². The van der Waals surface area contributed by atoms with Gasteiger partial charge in [0.2, 0.25) is 6.79 Å². The van der Waals surface area contributed by atoms with Crippen LogP contribution >= 0.6 is 28.1 Å². The number of pyridine rings is 1. The van der Waals surface area contributed by atoms with E-state index in [0.717, 1.165) is 38.7 Å². The fraction of sp³-hybridized carbons (Fsp3) is 0.120. The van der Waals surface area contributed by atoms with Gasteiger partial charge in [0.25, 0.3) is 0 Å². The Labute approximate surface area is 204 Å². The zero-order chi connectivity index (χ0) is 22.4.